The van der Waals surface area contributed by atoms with Gasteiger partial charge in [0.15, 0.2) is 0 Å². The molecule has 0 aromatic carbocycles. The number of hydrogen-bond acceptors (Lipinski definition) is 3. The minimum absolute atomic E-state index is 0.0208. The Balaban J connectivity index is 2.58. The quantitative estimate of drug-likeness (QED) is 0.691. The van der Waals surface area contributed by atoms with E-state index >= 15 is 0 Å². The lowest BCUT2D eigenvalue weighted by atomic mass is 9.83. The second-order valence-electron chi connectivity index (χ2n) is 4.04. The molecule has 0 bridgehead atoms. The summed E-state index contributed by atoms with van der Waals surface area (Å²) in [6.07, 6.45) is 1.70. The minimum Gasteiger partial charge on any atom is -0.390 e. The van der Waals surface area contributed by atoms with Gasteiger partial charge in [-0.15, -0.1) is 0 Å². The van der Waals surface area contributed by atoms with Crippen LogP contribution in [0.15, 0.2) is 4.99 Å². The number of alkyl halides is 1. The molecule has 3 nitrogen and oxygen atoms in total. The molecule has 1 rings (SSSR count). The molecule has 2 N–H and O–H groups in total. The second kappa shape index (κ2) is 5.95. The van der Waals surface area contributed by atoms with E-state index in [-0.39, 0.29) is 5.92 Å². The Bertz CT molecular complexity index is 243. The lowest BCUT2D eigenvalue weighted by Gasteiger charge is -2.28. The molecular formula is C11H19FN2O. The number of hydrogen-bond donors (Lipinski definition) is 2. The highest BCUT2D eigenvalue weighted by atomic mass is 19.1. The Hall–Kier alpha value is -0.770. The average Bonchev–Trinajstić information content (AvgIpc) is 2.24. The van der Waals surface area contributed by atoms with Gasteiger partial charge in [0.25, 0.3) is 0 Å². The average molecular weight is 214 g/mol. The van der Waals surface area contributed by atoms with Gasteiger partial charge in [-0.3, -0.25) is 4.99 Å². The SMILES string of the molecule is CCC/N=C(\C=N)[C@H]1CC[C@H](O)[C@@H](F)C1. The van der Waals surface area contributed by atoms with E-state index in [2.05, 4.69) is 4.99 Å². The molecule has 0 radical (unpaired) electrons. The molecule has 0 heterocycles. The molecule has 1 fully saturated rings. The third-order valence-electron chi connectivity index (χ3n) is 2.82. The van der Waals surface area contributed by atoms with Crippen molar-refractivity contribution in [2.24, 2.45) is 10.9 Å². The molecule has 0 saturated heterocycles. The van der Waals surface area contributed by atoms with Crippen molar-refractivity contribution in [2.45, 2.75) is 44.9 Å². The van der Waals surface area contributed by atoms with Crippen LogP contribution in [-0.4, -0.2) is 35.9 Å². The topological polar surface area (TPSA) is 56.4 Å². The van der Waals surface area contributed by atoms with Gasteiger partial charge in [0.1, 0.15) is 6.17 Å². The number of halogens is 1. The van der Waals surface area contributed by atoms with Gasteiger partial charge in [-0.1, -0.05) is 6.92 Å². The lowest BCUT2D eigenvalue weighted by Crippen LogP contribution is -2.34. The van der Waals surface area contributed by atoms with Gasteiger partial charge in [0, 0.05) is 18.7 Å². The molecule has 15 heavy (non-hydrogen) atoms. The Morgan fingerprint density at radius 1 is 1.60 bits per heavy atom. The molecule has 3 atom stereocenters. The molecule has 0 unspecified atom stereocenters. The zero-order valence-electron chi connectivity index (χ0n) is 9.12. The molecule has 0 aromatic heterocycles. The molecule has 1 saturated carbocycles. The van der Waals surface area contributed by atoms with Crippen molar-refractivity contribution >= 4 is 11.9 Å². The van der Waals surface area contributed by atoms with Gasteiger partial charge in [0.2, 0.25) is 0 Å². The summed E-state index contributed by atoms with van der Waals surface area (Å²) in [6.45, 7) is 2.72. The van der Waals surface area contributed by atoms with Crippen LogP contribution in [0.2, 0.25) is 0 Å². The third kappa shape index (κ3) is 3.38. The normalized spacial score (nSPS) is 32.7. The van der Waals surface area contributed by atoms with Crippen LogP contribution < -0.4 is 0 Å². The number of nitrogens with one attached hydrogen (secondary N) is 1. The summed E-state index contributed by atoms with van der Waals surface area (Å²) in [4.78, 5) is 4.27. The van der Waals surface area contributed by atoms with Gasteiger partial charge < -0.3 is 10.5 Å². The number of rotatable bonds is 4. The zero-order valence-corrected chi connectivity index (χ0v) is 9.12. The summed E-state index contributed by atoms with van der Waals surface area (Å²) in [5.41, 5.74) is 0.686. The first-order valence-corrected chi connectivity index (χ1v) is 5.56. The van der Waals surface area contributed by atoms with E-state index < -0.39 is 12.3 Å². The standard InChI is InChI=1S/C11H19FN2O/c1-2-5-14-10(7-13)8-3-4-11(15)9(12)6-8/h7-9,11,13,15H,2-6H2,1H3/b13-7?,14-10+/t8-,9-,11-/m0/s1. The van der Waals surface area contributed by atoms with E-state index in [0.717, 1.165) is 12.8 Å². The molecule has 0 aromatic rings. The van der Waals surface area contributed by atoms with E-state index in [0.29, 0.717) is 25.1 Å². The summed E-state index contributed by atoms with van der Waals surface area (Å²) in [5, 5.41) is 16.5. The fourth-order valence-electron chi connectivity index (χ4n) is 1.90. The first-order chi connectivity index (χ1) is 7.19. The number of aliphatic hydroxyl groups excluding tert-OH is 1. The summed E-state index contributed by atoms with van der Waals surface area (Å²) in [6, 6.07) is 0. The van der Waals surface area contributed by atoms with Crippen molar-refractivity contribution in [1.82, 2.24) is 0 Å². The van der Waals surface area contributed by atoms with Crippen LogP contribution in [0, 0.1) is 11.3 Å². The fourth-order valence-corrected chi connectivity index (χ4v) is 1.90. The third-order valence-corrected chi connectivity index (χ3v) is 2.82. The van der Waals surface area contributed by atoms with Gasteiger partial charge in [-0.05, 0) is 25.7 Å². The predicted molar refractivity (Wildman–Crippen MR) is 59.6 cm³/mol. The highest BCUT2D eigenvalue weighted by Crippen LogP contribution is 2.27. The molecule has 1 aliphatic carbocycles. The largest absolute Gasteiger partial charge is 0.390 e. The number of nitrogens with zero attached hydrogens (tertiary/aromatic N) is 1. The van der Waals surface area contributed by atoms with Crippen LogP contribution in [0.1, 0.15) is 32.6 Å². The predicted octanol–water partition coefficient (Wildman–Crippen LogP) is 1.99. The van der Waals surface area contributed by atoms with Crippen molar-refractivity contribution < 1.29 is 9.50 Å². The van der Waals surface area contributed by atoms with E-state index in [1.807, 2.05) is 6.92 Å². The number of aliphatic imine (C=N–C) groups is 1. The summed E-state index contributed by atoms with van der Waals surface area (Å²) in [7, 11) is 0. The lowest BCUT2D eigenvalue weighted by molar-refractivity contribution is 0.0354. The van der Waals surface area contributed by atoms with Crippen LogP contribution in [-0.2, 0) is 0 Å². The van der Waals surface area contributed by atoms with Crippen molar-refractivity contribution in [1.29, 1.82) is 5.41 Å². The summed E-state index contributed by atoms with van der Waals surface area (Å²) >= 11 is 0. The number of aliphatic hydroxyl groups is 1. The van der Waals surface area contributed by atoms with Crippen LogP contribution in [0.25, 0.3) is 0 Å². The van der Waals surface area contributed by atoms with Crippen molar-refractivity contribution in [3.8, 4) is 0 Å². The van der Waals surface area contributed by atoms with E-state index in [4.69, 9.17) is 5.41 Å². The Labute approximate surface area is 89.9 Å². The first kappa shape index (κ1) is 12.3. The summed E-state index contributed by atoms with van der Waals surface area (Å²) in [5.74, 6) is 0.0208. The van der Waals surface area contributed by atoms with Gasteiger partial charge in [-0.2, -0.15) is 0 Å². The van der Waals surface area contributed by atoms with Gasteiger partial charge >= 0.3 is 0 Å². The van der Waals surface area contributed by atoms with Gasteiger partial charge in [-0.25, -0.2) is 4.39 Å². The van der Waals surface area contributed by atoms with E-state index in [9.17, 15) is 9.50 Å². The Morgan fingerprint density at radius 3 is 2.87 bits per heavy atom. The van der Waals surface area contributed by atoms with Crippen LogP contribution in [0.4, 0.5) is 4.39 Å². The molecular weight excluding hydrogens is 195 g/mol. The summed E-state index contributed by atoms with van der Waals surface area (Å²) < 4.78 is 13.3. The Kier molecular flexibility index (Phi) is 4.88. The molecule has 4 heteroatoms. The first-order valence-electron chi connectivity index (χ1n) is 5.56. The molecule has 0 spiro atoms. The zero-order chi connectivity index (χ0) is 11.3. The monoisotopic (exact) mass is 214 g/mol. The maximum atomic E-state index is 13.3. The van der Waals surface area contributed by atoms with E-state index in [1.165, 1.54) is 6.21 Å². The minimum atomic E-state index is -1.16. The maximum absolute atomic E-state index is 13.3. The molecule has 86 valence electrons. The second-order valence-corrected chi connectivity index (χ2v) is 4.04. The fraction of sp³-hybridized carbons (Fsp3) is 0.818. The van der Waals surface area contributed by atoms with Crippen molar-refractivity contribution in [3.05, 3.63) is 0 Å². The van der Waals surface area contributed by atoms with Crippen molar-refractivity contribution in [2.75, 3.05) is 6.54 Å². The molecule has 0 aliphatic heterocycles. The highest BCUT2D eigenvalue weighted by molar-refractivity contribution is 6.30. The van der Waals surface area contributed by atoms with Crippen molar-refractivity contribution in [3.63, 3.8) is 0 Å². The van der Waals surface area contributed by atoms with Crippen LogP contribution in [0.5, 0.6) is 0 Å². The highest BCUT2D eigenvalue weighted by Gasteiger charge is 2.30. The van der Waals surface area contributed by atoms with Gasteiger partial charge in [0.05, 0.1) is 11.8 Å². The molecule has 1 aliphatic rings. The van der Waals surface area contributed by atoms with E-state index in [1.54, 1.807) is 0 Å². The molecule has 0 amide bonds. The van der Waals surface area contributed by atoms with Crippen LogP contribution >= 0.6 is 0 Å². The maximum Gasteiger partial charge on any atom is 0.127 e. The Morgan fingerprint density at radius 2 is 2.33 bits per heavy atom. The van der Waals surface area contributed by atoms with Crippen LogP contribution in [0.3, 0.4) is 0 Å². The smallest absolute Gasteiger partial charge is 0.127 e.